The van der Waals surface area contributed by atoms with Crippen LogP contribution in [0.3, 0.4) is 0 Å². The summed E-state index contributed by atoms with van der Waals surface area (Å²) in [4.78, 5) is 23.6. The van der Waals surface area contributed by atoms with Crippen LogP contribution < -0.4 is 0 Å². The second kappa shape index (κ2) is 8.88. The standard InChI is InChI=1S/C22H34O4/c1-13(2)21(23)25-19-9-7-17(11-15(19)5)18-8-10-20(16(6)12-18)26-22(24)14(3)4/h15-20H,1,3,7-12H2,2,4-6H3. The number of carbonyl (C=O) groups is 2. The van der Waals surface area contributed by atoms with Crippen molar-refractivity contribution in [3.63, 3.8) is 0 Å². The van der Waals surface area contributed by atoms with Crippen LogP contribution in [0.1, 0.15) is 66.2 Å². The maximum atomic E-state index is 11.8. The third-order valence-corrected chi connectivity index (χ3v) is 6.14. The molecule has 2 aliphatic rings. The molecule has 146 valence electrons. The molecule has 0 aromatic rings. The fourth-order valence-electron chi connectivity index (χ4n) is 4.50. The molecule has 0 saturated heterocycles. The molecule has 0 aliphatic heterocycles. The van der Waals surface area contributed by atoms with Crippen molar-refractivity contribution in [1.29, 1.82) is 0 Å². The van der Waals surface area contributed by atoms with Crippen LogP contribution in [0.5, 0.6) is 0 Å². The Morgan fingerprint density at radius 1 is 0.731 bits per heavy atom. The molecule has 0 N–H and O–H groups in total. The predicted octanol–water partition coefficient (Wildman–Crippen LogP) is 4.83. The normalized spacial score (nSPS) is 34.6. The third-order valence-electron chi connectivity index (χ3n) is 6.14. The van der Waals surface area contributed by atoms with Gasteiger partial charge in [0.1, 0.15) is 12.2 Å². The highest BCUT2D eigenvalue weighted by atomic mass is 16.5. The van der Waals surface area contributed by atoms with Gasteiger partial charge in [0, 0.05) is 11.1 Å². The molecular weight excluding hydrogens is 328 g/mol. The Morgan fingerprint density at radius 2 is 1.08 bits per heavy atom. The highest BCUT2D eigenvalue weighted by Crippen LogP contribution is 2.43. The molecule has 4 nitrogen and oxygen atoms in total. The summed E-state index contributed by atoms with van der Waals surface area (Å²) in [5.74, 6) is 1.57. The fraction of sp³-hybridized carbons (Fsp3) is 0.727. The summed E-state index contributed by atoms with van der Waals surface area (Å²) in [7, 11) is 0. The van der Waals surface area contributed by atoms with E-state index in [0.29, 0.717) is 34.8 Å². The average molecular weight is 363 g/mol. The first-order valence-electron chi connectivity index (χ1n) is 9.92. The molecule has 4 heteroatoms. The van der Waals surface area contributed by atoms with Gasteiger partial charge < -0.3 is 9.47 Å². The molecule has 2 rings (SSSR count). The molecule has 2 aliphatic carbocycles. The van der Waals surface area contributed by atoms with E-state index in [9.17, 15) is 9.59 Å². The fourth-order valence-corrected chi connectivity index (χ4v) is 4.50. The number of esters is 2. The lowest BCUT2D eigenvalue weighted by atomic mass is 9.67. The highest BCUT2D eigenvalue weighted by molar-refractivity contribution is 5.87. The highest BCUT2D eigenvalue weighted by Gasteiger charge is 2.38. The summed E-state index contributed by atoms with van der Waals surface area (Å²) in [5, 5.41) is 0. The lowest BCUT2D eigenvalue weighted by molar-refractivity contribution is -0.152. The molecule has 0 radical (unpaired) electrons. The molecule has 0 aromatic heterocycles. The minimum Gasteiger partial charge on any atom is -0.459 e. The minimum absolute atomic E-state index is 0.0146. The summed E-state index contributed by atoms with van der Waals surface area (Å²) >= 11 is 0. The molecule has 0 aromatic carbocycles. The van der Waals surface area contributed by atoms with Crippen LogP contribution in [-0.4, -0.2) is 24.1 Å². The maximum Gasteiger partial charge on any atom is 0.333 e. The number of carbonyl (C=O) groups excluding carboxylic acids is 2. The number of hydrogen-bond acceptors (Lipinski definition) is 4. The van der Waals surface area contributed by atoms with Crippen LogP contribution in [0.4, 0.5) is 0 Å². The first-order valence-corrected chi connectivity index (χ1v) is 9.92. The second-order valence-electron chi connectivity index (χ2n) is 8.55. The van der Waals surface area contributed by atoms with Gasteiger partial charge in [-0.2, -0.15) is 0 Å². The average Bonchev–Trinajstić information content (AvgIpc) is 2.58. The Hall–Kier alpha value is -1.58. The van der Waals surface area contributed by atoms with Gasteiger partial charge in [0.15, 0.2) is 0 Å². The van der Waals surface area contributed by atoms with Crippen molar-refractivity contribution in [2.45, 2.75) is 78.4 Å². The van der Waals surface area contributed by atoms with Crippen molar-refractivity contribution in [3.05, 3.63) is 24.3 Å². The molecule has 0 heterocycles. The van der Waals surface area contributed by atoms with Gasteiger partial charge in [0.25, 0.3) is 0 Å². The van der Waals surface area contributed by atoms with Gasteiger partial charge in [-0.25, -0.2) is 9.59 Å². The van der Waals surface area contributed by atoms with E-state index >= 15 is 0 Å². The minimum atomic E-state index is -0.270. The summed E-state index contributed by atoms with van der Waals surface area (Å²) in [6.07, 6.45) is 6.30. The second-order valence-corrected chi connectivity index (χ2v) is 8.55. The molecule has 26 heavy (non-hydrogen) atoms. The quantitative estimate of drug-likeness (QED) is 0.519. The van der Waals surface area contributed by atoms with Crippen LogP contribution in [0.25, 0.3) is 0 Å². The zero-order chi connectivity index (χ0) is 19.4. The van der Waals surface area contributed by atoms with E-state index in [0.717, 1.165) is 38.5 Å². The summed E-state index contributed by atoms with van der Waals surface area (Å²) in [5.41, 5.74) is 0.937. The van der Waals surface area contributed by atoms with Gasteiger partial charge in [0.05, 0.1) is 0 Å². The van der Waals surface area contributed by atoms with E-state index in [1.54, 1.807) is 13.8 Å². The number of rotatable bonds is 5. The molecule has 2 fully saturated rings. The lowest BCUT2D eigenvalue weighted by Crippen LogP contribution is -2.38. The SMILES string of the molecule is C=C(C)C(=O)OC1CCC(C2CCC(OC(=O)C(=C)C)C(C)C2)CC1C. The van der Waals surface area contributed by atoms with Gasteiger partial charge in [-0.15, -0.1) is 0 Å². The monoisotopic (exact) mass is 362 g/mol. The van der Waals surface area contributed by atoms with Crippen LogP contribution in [-0.2, 0) is 19.1 Å². The first kappa shape index (κ1) is 20.7. The summed E-state index contributed by atoms with van der Waals surface area (Å²) < 4.78 is 11.2. The Balaban J connectivity index is 1.84. The lowest BCUT2D eigenvalue weighted by Gasteiger charge is -2.42. The van der Waals surface area contributed by atoms with Crippen molar-refractivity contribution >= 4 is 11.9 Å². The maximum absolute atomic E-state index is 11.8. The topological polar surface area (TPSA) is 52.6 Å². The van der Waals surface area contributed by atoms with Crippen LogP contribution in [0, 0.1) is 23.7 Å². The van der Waals surface area contributed by atoms with E-state index in [-0.39, 0.29) is 24.1 Å². The van der Waals surface area contributed by atoms with Gasteiger partial charge >= 0.3 is 11.9 Å². The van der Waals surface area contributed by atoms with E-state index in [1.807, 2.05) is 0 Å². The van der Waals surface area contributed by atoms with Gasteiger partial charge in [-0.3, -0.25) is 0 Å². The zero-order valence-electron chi connectivity index (χ0n) is 16.8. The van der Waals surface area contributed by atoms with Crippen molar-refractivity contribution in [2.75, 3.05) is 0 Å². The summed E-state index contributed by atoms with van der Waals surface area (Å²) in [6, 6.07) is 0. The molecule has 0 spiro atoms. The van der Waals surface area contributed by atoms with Gasteiger partial charge in [-0.1, -0.05) is 27.0 Å². The van der Waals surface area contributed by atoms with Crippen LogP contribution in [0.2, 0.25) is 0 Å². The van der Waals surface area contributed by atoms with Crippen LogP contribution in [0.15, 0.2) is 24.3 Å². The molecule has 0 amide bonds. The van der Waals surface area contributed by atoms with Crippen molar-refractivity contribution < 1.29 is 19.1 Å². The molecule has 6 atom stereocenters. The predicted molar refractivity (Wildman–Crippen MR) is 102 cm³/mol. The number of hydrogen-bond donors (Lipinski definition) is 0. The molecular formula is C22H34O4. The van der Waals surface area contributed by atoms with Gasteiger partial charge in [0.2, 0.25) is 0 Å². The third kappa shape index (κ3) is 5.21. The smallest absolute Gasteiger partial charge is 0.333 e. The van der Waals surface area contributed by atoms with E-state index in [2.05, 4.69) is 27.0 Å². The van der Waals surface area contributed by atoms with E-state index in [4.69, 9.17) is 9.47 Å². The zero-order valence-corrected chi connectivity index (χ0v) is 16.8. The first-order chi connectivity index (χ1) is 12.2. The molecule has 2 saturated carbocycles. The van der Waals surface area contributed by atoms with E-state index < -0.39 is 0 Å². The molecule has 6 unspecified atom stereocenters. The van der Waals surface area contributed by atoms with Crippen molar-refractivity contribution in [2.24, 2.45) is 23.7 Å². The van der Waals surface area contributed by atoms with Crippen LogP contribution >= 0.6 is 0 Å². The molecule has 0 bridgehead atoms. The van der Waals surface area contributed by atoms with E-state index in [1.165, 1.54) is 0 Å². The Bertz CT molecular complexity index is 514. The van der Waals surface area contributed by atoms with Crippen molar-refractivity contribution in [3.8, 4) is 0 Å². The Kier molecular flexibility index (Phi) is 7.08. The Morgan fingerprint density at radius 3 is 1.35 bits per heavy atom. The largest absolute Gasteiger partial charge is 0.459 e. The number of ether oxygens (including phenoxy) is 2. The Labute approximate surface area is 158 Å². The van der Waals surface area contributed by atoms with Gasteiger partial charge in [-0.05, 0) is 76.0 Å². The summed E-state index contributed by atoms with van der Waals surface area (Å²) in [6.45, 7) is 15.1. The van der Waals surface area contributed by atoms with Crippen molar-refractivity contribution in [1.82, 2.24) is 0 Å².